The van der Waals surface area contributed by atoms with Gasteiger partial charge in [0.1, 0.15) is 11.5 Å². The van der Waals surface area contributed by atoms with Gasteiger partial charge in [-0.25, -0.2) is 10.5 Å². The molecule has 0 spiro atoms. The van der Waals surface area contributed by atoms with Crippen LogP contribution in [0.25, 0.3) is 5.65 Å². The van der Waals surface area contributed by atoms with Crippen LogP contribution in [-0.2, 0) is 4.79 Å². The van der Waals surface area contributed by atoms with E-state index in [0.29, 0.717) is 11.5 Å². The molecule has 0 bridgehead atoms. The molecule has 2 rings (SSSR count). The van der Waals surface area contributed by atoms with Gasteiger partial charge in [0, 0.05) is 16.6 Å². The maximum Gasteiger partial charge on any atom is 0.262 e. The predicted octanol–water partition coefficient (Wildman–Crippen LogP) is 3.25. The van der Waals surface area contributed by atoms with Gasteiger partial charge in [-0.05, 0) is 47.3 Å². The molecule has 0 aromatic carbocycles. The summed E-state index contributed by atoms with van der Waals surface area (Å²) in [5.41, 5.74) is 3.91. The summed E-state index contributed by atoms with van der Waals surface area (Å²) in [5.74, 6) is 6.36. The van der Waals surface area contributed by atoms with E-state index in [1.165, 1.54) is 0 Å². The van der Waals surface area contributed by atoms with Crippen LogP contribution in [-0.4, -0.2) is 27.0 Å². The maximum atomic E-state index is 11.3. The summed E-state index contributed by atoms with van der Waals surface area (Å²) in [4.78, 5) is 15.9. The number of hydrogen-bond acceptors (Lipinski definition) is 4. The summed E-state index contributed by atoms with van der Waals surface area (Å²) in [7, 11) is 0. The van der Waals surface area contributed by atoms with Gasteiger partial charge < -0.3 is 5.32 Å². The van der Waals surface area contributed by atoms with Crippen LogP contribution in [0.1, 0.15) is 44.0 Å². The molecular formula is C17H21BrN4O2. The molecular weight excluding hydrogens is 372 g/mol. The number of imidazole rings is 1. The molecule has 3 N–H and O–H groups in total. The van der Waals surface area contributed by atoms with Crippen LogP contribution in [0.2, 0.25) is 0 Å². The lowest BCUT2D eigenvalue weighted by Gasteiger charge is -2.09. The van der Waals surface area contributed by atoms with Crippen LogP contribution < -0.4 is 10.8 Å². The van der Waals surface area contributed by atoms with Gasteiger partial charge in [-0.3, -0.25) is 14.4 Å². The predicted molar refractivity (Wildman–Crippen MR) is 97.1 cm³/mol. The fourth-order valence-corrected chi connectivity index (χ4v) is 2.64. The first-order valence-corrected chi connectivity index (χ1v) is 8.71. The second-order valence-electron chi connectivity index (χ2n) is 5.42. The van der Waals surface area contributed by atoms with Gasteiger partial charge in [-0.1, -0.05) is 25.7 Å². The first-order valence-electron chi connectivity index (χ1n) is 7.91. The van der Waals surface area contributed by atoms with Crippen LogP contribution in [0, 0.1) is 18.8 Å². The normalized spacial score (nSPS) is 10.3. The Hall–Kier alpha value is -2.04. The van der Waals surface area contributed by atoms with E-state index in [2.05, 4.69) is 45.0 Å². The van der Waals surface area contributed by atoms with Crippen LogP contribution in [0.3, 0.4) is 0 Å². The molecule has 24 heavy (non-hydrogen) atoms. The minimum absolute atomic E-state index is 0.0687. The molecule has 2 heterocycles. The number of pyridine rings is 1. The van der Waals surface area contributed by atoms with Gasteiger partial charge in [0.15, 0.2) is 5.69 Å². The summed E-state index contributed by atoms with van der Waals surface area (Å²) >= 11 is 3.50. The number of anilines is 1. The number of amides is 1. The Labute approximate surface area is 149 Å². The molecule has 6 nitrogen and oxygen atoms in total. The van der Waals surface area contributed by atoms with E-state index in [-0.39, 0.29) is 6.54 Å². The highest BCUT2D eigenvalue weighted by Gasteiger charge is 2.14. The third-order valence-electron chi connectivity index (χ3n) is 3.62. The Morgan fingerprint density at radius 1 is 1.42 bits per heavy atom. The fourth-order valence-electron chi connectivity index (χ4n) is 2.33. The SMILES string of the molecule is CCCCCC#Cc1nc2ccc(Br)c(C)n2c1NCC(=O)NO. The standard InChI is InChI=1S/C17H21BrN4O2/c1-3-4-5-6-7-8-14-17(19-11-16(23)21-24)22-12(2)13(18)9-10-15(22)20-14/h9-10,19,24H,3-6,11H2,1-2H3,(H,21,23). The van der Waals surface area contributed by atoms with E-state index in [1.807, 2.05) is 23.5 Å². The number of hydrogen-bond donors (Lipinski definition) is 3. The van der Waals surface area contributed by atoms with Crippen molar-refractivity contribution in [1.82, 2.24) is 14.9 Å². The number of fused-ring (bicyclic) bond motifs is 1. The van der Waals surface area contributed by atoms with Crippen molar-refractivity contribution >= 4 is 33.3 Å². The Morgan fingerprint density at radius 2 is 2.21 bits per heavy atom. The number of aryl methyl sites for hydroxylation is 1. The van der Waals surface area contributed by atoms with Crippen LogP contribution >= 0.6 is 15.9 Å². The zero-order valence-corrected chi connectivity index (χ0v) is 15.4. The summed E-state index contributed by atoms with van der Waals surface area (Å²) in [6, 6.07) is 3.82. The molecule has 128 valence electrons. The van der Waals surface area contributed by atoms with Crippen LogP contribution in [0.4, 0.5) is 5.82 Å². The Balaban J connectivity index is 2.37. The highest BCUT2D eigenvalue weighted by atomic mass is 79.9. The number of carbonyl (C=O) groups excluding carboxylic acids is 1. The molecule has 0 aliphatic rings. The monoisotopic (exact) mass is 392 g/mol. The van der Waals surface area contributed by atoms with Gasteiger partial charge in [0.25, 0.3) is 5.91 Å². The van der Waals surface area contributed by atoms with Crippen LogP contribution in [0.15, 0.2) is 16.6 Å². The Bertz CT molecular complexity index is 789. The lowest BCUT2D eigenvalue weighted by atomic mass is 10.2. The zero-order valence-electron chi connectivity index (χ0n) is 13.8. The highest BCUT2D eigenvalue weighted by Crippen LogP contribution is 2.24. The maximum absolute atomic E-state index is 11.3. The molecule has 0 aliphatic heterocycles. The van der Waals surface area contributed by atoms with Crippen molar-refractivity contribution in [2.75, 3.05) is 11.9 Å². The van der Waals surface area contributed by atoms with Crippen molar-refractivity contribution in [1.29, 1.82) is 0 Å². The van der Waals surface area contributed by atoms with Gasteiger partial charge >= 0.3 is 0 Å². The van der Waals surface area contributed by atoms with Gasteiger partial charge in [0.2, 0.25) is 0 Å². The molecule has 0 atom stereocenters. The number of nitrogens with one attached hydrogen (secondary N) is 2. The number of halogens is 1. The largest absolute Gasteiger partial charge is 0.360 e. The minimum atomic E-state index is -0.528. The van der Waals surface area contributed by atoms with Crippen molar-refractivity contribution in [2.45, 2.75) is 39.5 Å². The molecule has 0 aliphatic carbocycles. The highest BCUT2D eigenvalue weighted by molar-refractivity contribution is 9.10. The fraction of sp³-hybridized carbons (Fsp3) is 0.412. The van der Waals surface area contributed by atoms with E-state index >= 15 is 0 Å². The third-order valence-corrected chi connectivity index (χ3v) is 4.45. The molecule has 7 heteroatoms. The van der Waals surface area contributed by atoms with E-state index in [1.54, 1.807) is 5.48 Å². The molecule has 0 radical (unpaired) electrons. The number of carbonyl (C=O) groups is 1. The smallest absolute Gasteiger partial charge is 0.262 e. The van der Waals surface area contributed by atoms with E-state index < -0.39 is 5.91 Å². The summed E-state index contributed by atoms with van der Waals surface area (Å²) in [6.07, 6.45) is 4.21. The first kappa shape index (κ1) is 18.3. The average Bonchev–Trinajstić information content (AvgIpc) is 2.94. The lowest BCUT2D eigenvalue weighted by molar-refractivity contribution is -0.127. The zero-order chi connectivity index (χ0) is 17.5. The molecule has 1 amide bonds. The number of hydroxylamine groups is 1. The lowest BCUT2D eigenvalue weighted by Crippen LogP contribution is -2.27. The molecule has 2 aromatic rings. The second kappa shape index (κ2) is 8.71. The first-order chi connectivity index (χ1) is 11.6. The van der Waals surface area contributed by atoms with Crippen molar-refractivity contribution in [2.24, 2.45) is 0 Å². The van der Waals surface area contributed by atoms with Gasteiger partial charge in [-0.15, -0.1) is 0 Å². The molecule has 0 fully saturated rings. The van der Waals surface area contributed by atoms with Crippen molar-refractivity contribution in [3.05, 3.63) is 28.0 Å². The molecule has 0 unspecified atom stereocenters. The Morgan fingerprint density at radius 3 is 2.92 bits per heavy atom. The number of nitrogens with zero attached hydrogens (tertiary/aromatic N) is 2. The molecule has 0 saturated heterocycles. The van der Waals surface area contributed by atoms with E-state index in [4.69, 9.17) is 5.21 Å². The van der Waals surface area contributed by atoms with E-state index in [0.717, 1.165) is 41.5 Å². The quantitative estimate of drug-likeness (QED) is 0.305. The summed E-state index contributed by atoms with van der Waals surface area (Å²) in [5, 5.41) is 11.7. The topological polar surface area (TPSA) is 78.7 Å². The second-order valence-corrected chi connectivity index (χ2v) is 6.27. The molecule has 2 aromatic heterocycles. The summed E-state index contributed by atoms with van der Waals surface area (Å²) < 4.78 is 2.84. The number of aromatic nitrogens is 2. The summed E-state index contributed by atoms with van der Waals surface area (Å²) in [6.45, 7) is 4.04. The minimum Gasteiger partial charge on any atom is -0.360 e. The van der Waals surface area contributed by atoms with Crippen LogP contribution in [0.5, 0.6) is 0 Å². The molecule has 0 saturated carbocycles. The number of unbranched alkanes of at least 4 members (excludes halogenated alkanes) is 3. The van der Waals surface area contributed by atoms with Crippen molar-refractivity contribution in [3.63, 3.8) is 0 Å². The van der Waals surface area contributed by atoms with Crippen molar-refractivity contribution in [3.8, 4) is 11.8 Å². The third kappa shape index (κ3) is 4.28. The Kier molecular flexibility index (Phi) is 6.64. The number of rotatable bonds is 6. The van der Waals surface area contributed by atoms with Gasteiger partial charge in [0.05, 0.1) is 6.54 Å². The average molecular weight is 393 g/mol. The van der Waals surface area contributed by atoms with Crippen molar-refractivity contribution < 1.29 is 10.0 Å². The van der Waals surface area contributed by atoms with E-state index in [9.17, 15) is 4.79 Å². The van der Waals surface area contributed by atoms with Gasteiger partial charge in [-0.2, -0.15) is 0 Å².